The molecule has 2 atom stereocenters. The summed E-state index contributed by atoms with van der Waals surface area (Å²) in [6, 6.07) is -0.380. The monoisotopic (exact) mass is 236 g/mol. The summed E-state index contributed by atoms with van der Waals surface area (Å²) in [5, 5.41) is 2.77. The van der Waals surface area contributed by atoms with Crippen LogP contribution < -0.4 is 5.32 Å². The van der Waals surface area contributed by atoms with Gasteiger partial charge in [0.05, 0.1) is 0 Å². The van der Waals surface area contributed by atoms with Gasteiger partial charge in [0.25, 0.3) is 0 Å². The van der Waals surface area contributed by atoms with Gasteiger partial charge >= 0.3 is 0 Å². The zero-order valence-corrected chi connectivity index (χ0v) is 10.5. The van der Waals surface area contributed by atoms with Gasteiger partial charge in [-0.15, -0.1) is 12.3 Å². The maximum Gasteiger partial charge on any atom is 0.245 e. The Kier molecular flexibility index (Phi) is 5.02. The number of nitrogens with zero attached hydrogens (tertiary/aromatic N) is 1. The fourth-order valence-corrected chi connectivity index (χ4v) is 2.06. The van der Waals surface area contributed by atoms with Crippen molar-refractivity contribution in [2.45, 2.75) is 51.6 Å². The molecule has 1 saturated heterocycles. The van der Waals surface area contributed by atoms with E-state index in [1.807, 2.05) is 13.8 Å². The lowest BCUT2D eigenvalue weighted by atomic mass is 10.1. The predicted octanol–water partition coefficient (Wildman–Crippen LogP) is 0.915. The summed E-state index contributed by atoms with van der Waals surface area (Å²) in [4.78, 5) is 25.5. The molecule has 0 saturated carbocycles. The normalized spacial score (nSPS) is 22.6. The Morgan fingerprint density at radius 3 is 2.88 bits per heavy atom. The van der Waals surface area contributed by atoms with E-state index in [-0.39, 0.29) is 23.9 Å². The van der Waals surface area contributed by atoms with Crippen molar-refractivity contribution < 1.29 is 9.59 Å². The predicted molar refractivity (Wildman–Crippen MR) is 66.1 cm³/mol. The second kappa shape index (κ2) is 6.29. The molecule has 1 N–H and O–H groups in total. The first-order chi connectivity index (χ1) is 8.10. The second-order valence-corrected chi connectivity index (χ2v) is 4.45. The number of rotatable bonds is 4. The Bertz CT molecular complexity index is 333. The smallest absolute Gasteiger partial charge is 0.245 e. The maximum atomic E-state index is 12.2. The van der Waals surface area contributed by atoms with Gasteiger partial charge in [0.1, 0.15) is 6.04 Å². The van der Waals surface area contributed by atoms with Crippen molar-refractivity contribution in [3.8, 4) is 12.3 Å². The zero-order chi connectivity index (χ0) is 12.8. The minimum atomic E-state index is -0.379. The van der Waals surface area contributed by atoms with E-state index in [0.717, 1.165) is 6.42 Å². The van der Waals surface area contributed by atoms with E-state index in [2.05, 4.69) is 11.2 Å². The number of hydrogen-bond donors (Lipinski definition) is 1. The Hall–Kier alpha value is -1.50. The molecule has 1 fully saturated rings. The Balaban J connectivity index is 2.79. The minimum Gasteiger partial charge on any atom is -0.344 e. The molecule has 2 amide bonds. The topological polar surface area (TPSA) is 49.4 Å². The van der Waals surface area contributed by atoms with Crippen LogP contribution in [0.2, 0.25) is 0 Å². The lowest BCUT2D eigenvalue weighted by molar-refractivity contribution is -0.135. The van der Waals surface area contributed by atoms with Crippen LogP contribution in [0.3, 0.4) is 0 Å². The van der Waals surface area contributed by atoms with Crippen molar-refractivity contribution in [3.63, 3.8) is 0 Å². The van der Waals surface area contributed by atoms with Gasteiger partial charge in [0, 0.05) is 25.4 Å². The summed E-state index contributed by atoms with van der Waals surface area (Å²) < 4.78 is 0. The average Bonchev–Trinajstić information content (AvgIpc) is 2.41. The van der Waals surface area contributed by atoms with Crippen LogP contribution in [0, 0.1) is 12.3 Å². The van der Waals surface area contributed by atoms with Crippen LogP contribution in [0.25, 0.3) is 0 Å². The van der Waals surface area contributed by atoms with Crippen molar-refractivity contribution in [2.75, 3.05) is 6.54 Å². The van der Waals surface area contributed by atoms with Gasteiger partial charge in [-0.2, -0.15) is 0 Å². The SMILES string of the molecule is C#CCC(C)N1CCC(=O)NC(CCC)C1=O. The number of nitrogens with one attached hydrogen (secondary N) is 1. The number of hydrogen-bond acceptors (Lipinski definition) is 2. The van der Waals surface area contributed by atoms with Crippen molar-refractivity contribution in [2.24, 2.45) is 0 Å². The summed E-state index contributed by atoms with van der Waals surface area (Å²) in [6.07, 6.45) is 7.71. The van der Waals surface area contributed by atoms with Crippen LogP contribution in [-0.2, 0) is 9.59 Å². The molecular weight excluding hydrogens is 216 g/mol. The molecule has 1 aliphatic rings. The molecule has 4 heteroatoms. The highest BCUT2D eigenvalue weighted by atomic mass is 16.2. The molecule has 4 nitrogen and oxygen atoms in total. The first-order valence-corrected chi connectivity index (χ1v) is 6.13. The maximum absolute atomic E-state index is 12.2. The van der Waals surface area contributed by atoms with E-state index in [9.17, 15) is 9.59 Å². The minimum absolute atomic E-state index is 0.000411. The number of carbonyl (C=O) groups excluding carboxylic acids is 2. The molecule has 0 aliphatic carbocycles. The summed E-state index contributed by atoms with van der Waals surface area (Å²) in [7, 11) is 0. The number of carbonyl (C=O) groups is 2. The van der Waals surface area contributed by atoms with Crippen LogP contribution in [0.15, 0.2) is 0 Å². The highest BCUT2D eigenvalue weighted by Gasteiger charge is 2.31. The average molecular weight is 236 g/mol. The summed E-state index contributed by atoms with van der Waals surface area (Å²) in [5.41, 5.74) is 0. The van der Waals surface area contributed by atoms with Crippen LogP contribution in [0.4, 0.5) is 0 Å². The largest absolute Gasteiger partial charge is 0.344 e. The molecule has 0 bridgehead atoms. The molecule has 2 unspecified atom stereocenters. The van der Waals surface area contributed by atoms with Gasteiger partial charge < -0.3 is 10.2 Å². The molecule has 0 radical (unpaired) electrons. The molecule has 0 aromatic carbocycles. The highest BCUT2D eigenvalue weighted by Crippen LogP contribution is 2.13. The molecular formula is C13H20N2O2. The standard InChI is InChI=1S/C13H20N2O2/c1-4-6-10(3)15-9-8-12(16)14-11(7-5-2)13(15)17/h1,10-11H,5-9H2,2-3H3,(H,14,16). The van der Waals surface area contributed by atoms with Gasteiger partial charge in [-0.3, -0.25) is 9.59 Å². The Labute approximate surface area is 103 Å². The fraction of sp³-hybridized carbons (Fsp3) is 0.692. The quantitative estimate of drug-likeness (QED) is 0.738. The van der Waals surface area contributed by atoms with Gasteiger partial charge in [0.15, 0.2) is 0 Å². The van der Waals surface area contributed by atoms with E-state index in [1.54, 1.807) is 4.90 Å². The number of amides is 2. The van der Waals surface area contributed by atoms with Crippen LogP contribution in [0.1, 0.15) is 39.5 Å². The van der Waals surface area contributed by atoms with Crippen molar-refractivity contribution in [3.05, 3.63) is 0 Å². The molecule has 1 rings (SSSR count). The van der Waals surface area contributed by atoms with E-state index in [1.165, 1.54) is 0 Å². The van der Waals surface area contributed by atoms with E-state index in [4.69, 9.17) is 6.42 Å². The molecule has 1 aliphatic heterocycles. The first-order valence-electron chi connectivity index (χ1n) is 6.13. The molecule has 17 heavy (non-hydrogen) atoms. The Morgan fingerprint density at radius 1 is 1.59 bits per heavy atom. The van der Waals surface area contributed by atoms with E-state index < -0.39 is 0 Å². The molecule has 0 aromatic rings. The summed E-state index contributed by atoms with van der Waals surface area (Å²) >= 11 is 0. The van der Waals surface area contributed by atoms with Gasteiger partial charge in [-0.05, 0) is 13.3 Å². The van der Waals surface area contributed by atoms with E-state index in [0.29, 0.717) is 25.8 Å². The third-order valence-electron chi connectivity index (χ3n) is 3.02. The lowest BCUT2D eigenvalue weighted by Crippen LogP contribution is -2.47. The van der Waals surface area contributed by atoms with Crippen LogP contribution >= 0.6 is 0 Å². The molecule has 0 spiro atoms. The van der Waals surface area contributed by atoms with Gasteiger partial charge in [-0.1, -0.05) is 13.3 Å². The Morgan fingerprint density at radius 2 is 2.29 bits per heavy atom. The summed E-state index contributed by atoms with van der Waals surface area (Å²) in [5.74, 6) is 2.52. The fourth-order valence-electron chi connectivity index (χ4n) is 2.06. The zero-order valence-electron chi connectivity index (χ0n) is 10.5. The molecule has 94 valence electrons. The van der Waals surface area contributed by atoms with Crippen molar-refractivity contribution in [1.29, 1.82) is 0 Å². The van der Waals surface area contributed by atoms with Crippen LogP contribution in [0.5, 0.6) is 0 Å². The lowest BCUT2D eigenvalue weighted by Gasteiger charge is -2.28. The van der Waals surface area contributed by atoms with Crippen molar-refractivity contribution >= 4 is 11.8 Å². The van der Waals surface area contributed by atoms with E-state index >= 15 is 0 Å². The third-order valence-corrected chi connectivity index (χ3v) is 3.02. The van der Waals surface area contributed by atoms with Crippen molar-refractivity contribution in [1.82, 2.24) is 10.2 Å². The van der Waals surface area contributed by atoms with Gasteiger partial charge in [-0.25, -0.2) is 0 Å². The number of terminal acetylenes is 1. The molecule has 1 heterocycles. The highest BCUT2D eigenvalue weighted by molar-refractivity contribution is 5.90. The third kappa shape index (κ3) is 3.48. The second-order valence-electron chi connectivity index (χ2n) is 4.45. The first kappa shape index (κ1) is 13.6. The molecule has 0 aromatic heterocycles. The van der Waals surface area contributed by atoms with Gasteiger partial charge in [0.2, 0.25) is 11.8 Å². The summed E-state index contributed by atoms with van der Waals surface area (Å²) in [6.45, 7) is 4.39. The van der Waals surface area contributed by atoms with Crippen LogP contribution in [-0.4, -0.2) is 35.3 Å².